The number of rotatable bonds is 5. The standard InChI is InChI=1S/C18H19N3O2S2/c1-4-21-17(23)15-14(9-10-24-15)20-18(21)25-12(3)16(22)19-13-8-6-5-7-11(13)2/h5-10,12H,4H2,1-3H3,(H,19,22). The highest BCUT2D eigenvalue weighted by Gasteiger charge is 2.19. The minimum Gasteiger partial charge on any atom is -0.325 e. The van der Waals surface area contributed by atoms with Crippen LogP contribution in [0.2, 0.25) is 0 Å². The Morgan fingerprint density at radius 3 is 2.84 bits per heavy atom. The van der Waals surface area contributed by atoms with E-state index in [1.54, 1.807) is 4.57 Å². The molecule has 3 aromatic rings. The normalized spacial score (nSPS) is 12.3. The molecule has 0 spiro atoms. The first kappa shape index (κ1) is 17.7. The van der Waals surface area contributed by atoms with Crippen LogP contribution in [0.5, 0.6) is 0 Å². The molecule has 0 radical (unpaired) electrons. The van der Waals surface area contributed by atoms with Crippen molar-refractivity contribution < 1.29 is 4.79 Å². The zero-order valence-electron chi connectivity index (χ0n) is 14.3. The van der Waals surface area contributed by atoms with E-state index in [-0.39, 0.29) is 16.7 Å². The number of hydrogen-bond donors (Lipinski definition) is 1. The number of thioether (sulfide) groups is 1. The van der Waals surface area contributed by atoms with E-state index in [9.17, 15) is 9.59 Å². The second-order valence-corrected chi connectivity index (χ2v) is 7.87. The van der Waals surface area contributed by atoms with Gasteiger partial charge in [-0.3, -0.25) is 14.2 Å². The zero-order valence-corrected chi connectivity index (χ0v) is 15.9. The Hall–Kier alpha value is -2.12. The van der Waals surface area contributed by atoms with E-state index in [1.807, 2.05) is 56.5 Å². The van der Waals surface area contributed by atoms with Gasteiger partial charge in [0.15, 0.2) is 5.16 Å². The summed E-state index contributed by atoms with van der Waals surface area (Å²) in [4.78, 5) is 29.6. The number of fused-ring (bicyclic) bond motifs is 1. The van der Waals surface area contributed by atoms with E-state index < -0.39 is 0 Å². The molecule has 0 saturated heterocycles. The molecule has 0 aliphatic carbocycles. The van der Waals surface area contributed by atoms with Gasteiger partial charge < -0.3 is 5.32 Å². The van der Waals surface area contributed by atoms with Gasteiger partial charge in [-0.1, -0.05) is 30.0 Å². The van der Waals surface area contributed by atoms with Crippen LogP contribution in [0.4, 0.5) is 5.69 Å². The second-order valence-electron chi connectivity index (χ2n) is 5.64. The number of hydrogen-bond acceptors (Lipinski definition) is 5. The molecule has 3 rings (SSSR count). The maximum Gasteiger partial charge on any atom is 0.272 e. The molecule has 2 aromatic heterocycles. The van der Waals surface area contributed by atoms with Crippen LogP contribution in [0.1, 0.15) is 19.4 Å². The predicted octanol–water partition coefficient (Wildman–Crippen LogP) is 3.91. The molecule has 25 heavy (non-hydrogen) atoms. The second kappa shape index (κ2) is 7.41. The molecule has 1 atom stereocenters. The number of aromatic nitrogens is 2. The SMILES string of the molecule is CCn1c(SC(C)C(=O)Nc2ccccc2C)nc2ccsc2c1=O. The van der Waals surface area contributed by atoms with Gasteiger partial charge in [0.25, 0.3) is 5.56 Å². The lowest BCUT2D eigenvalue weighted by Crippen LogP contribution is -2.26. The molecule has 1 unspecified atom stereocenters. The van der Waals surface area contributed by atoms with Gasteiger partial charge in [-0.15, -0.1) is 11.3 Å². The van der Waals surface area contributed by atoms with Crippen LogP contribution in [0.25, 0.3) is 10.2 Å². The highest BCUT2D eigenvalue weighted by molar-refractivity contribution is 8.00. The van der Waals surface area contributed by atoms with Gasteiger partial charge in [-0.05, 0) is 43.8 Å². The van der Waals surface area contributed by atoms with E-state index >= 15 is 0 Å². The van der Waals surface area contributed by atoms with Crippen LogP contribution in [0, 0.1) is 6.92 Å². The number of carbonyl (C=O) groups is 1. The van der Waals surface area contributed by atoms with Crippen LogP contribution in [0.3, 0.4) is 0 Å². The fraction of sp³-hybridized carbons (Fsp3) is 0.278. The Kier molecular flexibility index (Phi) is 5.24. The summed E-state index contributed by atoms with van der Waals surface area (Å²) in [6.45, 7) is 6.20. The first-order valence-electron chi connectivity index (χ1n) is 8.02. The molecule has 0 fully saturated rings. The molecule has 0 aliphatic heterocycles. The van der Waals surface area contributed by atoms with Crippen LogP contribution in [-0.4, -0.2) is 20.7 Å². The first-order valence-corrected chi connectivity index (χ1v) is 9.78. The van der Waals surface area contributed by atoms with E-state index in [1.165, 1.54) is 23.1 Å². The Balaban J connectivity index is 1.84. The average Bonchev–Trinajstić information content (AvgIpc) is 3.06. The van der Waals surface area contributed by atoms with Crippen molar-refractivity contribution in [2.75, 3.05) is 5.32 Å². The van der Waals surface area contributed by atoms with Crippen molar-refractivity contribution in [1.29, 1.82) is 0 Å². The molecule has 1 N–H and O–H groups in total. The van der Waals surface area contributed by atoms with E-state index in [0.717, 1.165) is 11.3 Å². The van der Waals surface area contributed by atoms with Gasteiger partial charge in [0, 0.05) is 12.2 Å². The molecular weight excluding hydrogens is 354 g/mol. The number of nitrogens with one attached hydrogen (secondary N) is 1. The van der Waals surface area contributed by atoms with Crippen LogP contribution >= 0.6 is 23.1 Å². The lowest BCUT2D eigenvalue weighted by atomic mass is 10.2. The minimum absolute atomic E-state index is 0.0449. The highest BCUT2D eigenvalue weighted by atomic mass is 32.2. The van der Waals surface area contributed by atoms with E-state index in [4.69, 9.17) is 0 Å². The number of thiophene rings is 1. The van der Waals surface area contributed by atoms with Crippen molar-refractivity contribution in [2.45, 2.75) is 37.7 Å². The maximum absolute atomic E-state index is 12.5. The first-order chi connectivity index (χ1) is 12.0. The van der Waals surface area contributed by atoms with Crippen molar-refractivity contribution >= 4 is 44.9 Å². The predicted molar refractivity (Wildman–Crippen MR) is 105 cm³/mol. The van der Waals surface area contributed by atoms with Crippen LogP contribution < -0.4 is 10.9 Å². The smallest absolute Gasteiger partial charge is 0.272 e. The molecule has 1 aromatic carbocycles. The van der Waals surface area contributed by atoms with Crippen molar-refractivity contribution in [3.63, 3.8) is 0 Å². The fourth-order valence-electron chi connectivity index (χ4n) is 2.45. The molecular formula is C18H19N3O2S2. The van der Waals surface area contributed by atoms with Crippen molar-refractivity contribution in [3.8, 4) is 0 Å². The topological polar surface area (TPSA) is 64.0 Å². The lowest BCUT2D eigenvalue weighted by molar-refractivity contribution is -0.115. The Bertz CT molecular complexity index is 978. The molecule has 0 saturated carbocycles. The summed E-state index contributed by atoms with van der Waals surface area (Å²) < 4.78 is 2.28. The van der Waals surface area contributed by atoms with Gasteiger partial charge in [-0.25, -0.2) is 4.98 Å². The van der Waals surface area contributed by atoms with Gasteiger partial charge in [0.2, 0.25) is 5.91 Å². The Morgan fingerprint density at radius 1 is 1.36 bits per heavy atom. The fourth-order valence-corrected chi connectivity index (χ4v) is 4.20. The van der Waals surface area contributed by atoms with Gasteiger partial charge >= 0.3 is 0 Å². The maximum atomic E-state index is 12.5. The minimum atomic E-state index is -0.375. The molecule has 7 heteroatoms. The van der Waals surface area contributed by atoms with Crippen LogP contribution in [-0.2, 0) is 11.3 Å². The Morgan fingerprint density at radius 2 is 2.12 bits per heavy atom. The third-order valence-electron chi connectivity index (χ3n) is 3.90. The monoisotopic (exact) mass is 373 g/mol. The summed E-state index contributed by atoms with van der Waals surface area (Å²) in [5, 5.41) is 5.00. The average molecular weight is 374 g/mol. The molecule has 5 nitrogen and oxygen atoms in total. The highest BCUT2D eigenvalue weighted by Crippen LogP contribution is 2.25. The summed E-state index contributed by atoms with van der Waals surface area (Å²) in [7, 11) is 0. The largest absolute Gasteiger partial charge is 0.325 e. The molecule has 2 heterocycles. The zero-order chi connectivity index (χ0) is 18.0. The third-order valence-corrected chi connectivity index (χ3v) is 5.88. The van der Waals surface area contributed by atoms with E-state index in [2.05, 4.69) is 10.3 Å². The Labute approximate surface area is 154 Å². The summed E-state index contributed by atoms with van der Waals surface area (Å²) in [5.74, 6) is -0.110. The summed E-state index contributed by atoms with van der Waals surface area (Å²) in [6, 6.07) is 9.49. The molecule has 0 bridgehead atoms. The lowest BCUT2D eigenvalue weighted by Gasteiger charge is -2.15. The van der Waals surface area contributed by atoms with Crippen LogP contribution in [0.15, 0.2) is 45.7 Å². The molecule has 0 aliphatic rings. The number of anilines is 1. The third kappa shape index (κ3) is 3.62. The number of aryl methyl sites for hydroxylation is 1. The van der Waals surface area contributed by atoms with Gasteiger partial charge in [-0.2, -0.15) is 0 Å². The summed E-state index contributed by atoms with van der Waals surface area (Å²) in [5.41, 5.74) is 2.45. The quantitative estimate of drug-likeness (QED) is 0.544. The number of carbonyl (C=O) groups excluding carboxylic acids is 1. The van der Waals surface area contributed by atoms with Crippen molar-refractivity contribution in [3.05, 3.63) is 51.6 Å². The van der Waals surface area contributed by atoms with Gasteiger partial charge in [0.05, 0.1) is 10.8 Å². The number of para-hydroxylation sites is 1. The molecule has 1 amide bonds. The number of benzene rings is 1. The van der Waals surface area contributed by atoms with Gasteiger partial charge in [0.1, 0.15) is 4.70 Å². The number of amides is 1. The van der Waals surface area contributed by atoms with Crippen molar-refractivity contribution in [2.24, 2.45) is 0 Å². The summed E-state index contributed by atoms with van der Waals surface area (Å²) in [6.07, 6.45) is 0. The number of nitrogens with zero attached hydrogens (tertiary/aromatic N) is 2. The summed E-state index contributed by atoms with van der Waals surface area (Å²) >= 11 is 2.70. The molecule has 130 valence electrons. The van der Waals surface area contributed by atoms with Crippen molar-refractivity contribution in [1.82, 2.24) is 9.55 Å². The van der Waals surface area contributed by atoms with E-state index in [0.29, 0.717) is 21.9 Å².